The number of benzene rings is 2. The van der Waals surface area contributed by atoms with E-state index in [1.54, 1.807) is 24.3 Å². The Kier molecular flexibility index (Phi) is 7.18. The van der Waals surface area contributed by atoms with Gasteiger partial charge in [0.2, 0.25) is 0 Å². The number of amides is 1. The molecule has 0 aliphatic carbocycles. The van der Waals surface area contributed by atoms with Crippen LogP contribution in [0.2, 0.25) is 0 Å². The predicted octanol–water partition coefficient (Wildman–Crippen LogP) is 2.19. The highest BCUT2D eigenvalue weighted by Gasteiger charge is 2.07. The molecule has 2 rings (SSSR count). The molecule has 142 valence electrons. The van der Waals surface area contributed by atoms with E-state index in [1.807, 2.05) is 6.92 Å². The van der Waals surface area contributed by atoms with Gasteiger partial charge in [0.1, 0.15) is 17.2 Å². The van der Waals surface area contributed by atoms with Gasteiger partial charge in [-0.15, -0.1) is 0 Å². The molecule has 0 saturated carbocycles. The van der Waals surface area contributed by atoms with Crippen molar-refractivity contribution in [1.82, 2.24) is 5.43 Å². The molecule has 8 nitrogen and oxygen atoms in total. The first-order chi connectivity index (χ1) is 13.0. The van der Waals surface area contributed by atoms with Gasteiger partial charge < -0.3 is 19.7 Å². The third kappa shape index (κ3) is 6.35. The van der Waals surface area contributed by atoms with Crippen molar-refractivity contribution in [2.45, 2.75) is 13.3 Å². The normalized spacial score (nSPS) is 10.6. The van der Waals surface area contributed by atoms with Crippen molar-refractivity contribution < 1.29 is 29.3 Å². The van der Waals surface area contributed by atoms with Crippen molar-refractivity contribution in [3.63, 3.8) is 0 Å². The highest BCUT2D eigenvalue weighted by molar-refractivity contribution is 5.89. The van der Waals surface area contributed by atoms with Gasteiger partial charge in [-0.1, -0.05) is 6.92 Å². The van der Waals surface area contributed by atoms with Crippen molar-refractivity contribution in [2.24, 2.45) is 5.10 Å². The molecule has 0 aliphatic rings. The lowest BCUT2D eigenvalue weighted by atomic mass is 10.2. The fourth-order valence-corrected chi connectivity index (χ4v) is 1.96. The van der Waals surface area contributed by atoms with Crippen LogP contribution in [-0.2, 0) is 9.53 Å². The van der Waals surface area contributed by atoms with Crippen LogP contribution >= 0.6 is 0 Å². The summed E-state index contributed by atoms with van der Waals surface area (Å²) < 4.78 is 10.3. The van der Waals surface area contributed by atoms with Crippen LogP contribution < -0.4 is 10.2 Å². The van der Waals surface area contributed by atoms with Gasteiger partial charge in [0.15, 0.2) is 6.61 Å². The van der Waals surface area contributed by atoms with Gasteiger partial charge in [0.05, 0.1) is 18.4 Å². The van der Waals surface area contributed by atoms with Crippen LogP contribution in [0.25, 0.3) is 0 Å². The molecule has 0 atom stereocenters. The summed E-state index contributed by atoms with van der Waals surface area (Å²) in [5.74, 6) is -0.741. The Balaban J connectivity index is 1.79. The zero-order chi connectivity index (χ0) is 19.6. The summed E-state index contributed by atoms with van der Waals surface area (Å²) in [6.45, 7) is 1.99. The highest BCUT2D eigenvalue weighted by atomic mass is 16.5. The first kappa shape index (κ1) is 19.8. The quantitative estimate of drug-likeness (QED) is 0.371. The average Bonchev–Trinajstić information content (AvgIpc) is 2.66. The first-order valence-corrected chi connectivity index (χ1v) is 8.23. The lowest BCUT2D eigenvalue weighted by Gasteiger charge is -2.06. The van der Waals surface area contributed by atoms with Crippen LogP contribution in [0.5, 0.6) is 17.2 Å². The van der Waals surface area contributed by atoms with Gasteiger partial charge in [-0.05, 0) is 42.8 Å². The number of hydrogen-bond acceptors (Lipinski definition) is 7. The molecule has 0 unspecified atom stereocenters. The summed E-state index contributed by atoms with van der Waals surface area (Å²) in [6.07, 6.45) is 1.99. The molecule has 0 heterocycles. The largest absolute Gasteiger partial charge is 0.508 e. The van der Waals surface area contributed by atoms with E-state index in [2.05, 4.69) is 10.5 Å². The number of rotatable bonds is 8. The molecule has 3 N–H and O–H groups in total. The molecule has 27 heavy (non-hydrogen) atoms. The van der Waals surface area contributed by atoms with Crippen molar-refractivity contribution in [1.29, 1.82) is 0 Å². The summed E-state index contributed by atoms with van der Waals surface area (Å²) >= 11 is 0. The second-order valence-corrected chi connectivity index (χ2v) is 5.49. The fourth-order valence-electron chi connectivity index (χ4n) is 1.96. The minimum absolute atomic E-state index is 0.0771. The average molecular weight is 372 g/mol. The Hall–Kier alpha value is -3.55. The number of carbonyl (C=O) groups is 2. The van der Waals surface area contributed by atoms with Gasteiger partial charge in [0, 0.05) is 11.6 Å². The van der Waals surface area contributed by atoms with Crippen LogP contribution in [0.3, 0.4) is 0 Å². The van der Waals surface area contributed by atoms with Crippen LogP contribution in [0.4, 0.5) is 0 Å². The second-order valence-electron chi connectivity index (χ2n) is 5.49. The van der Waals surface area contributed by atoms with E-state index in [4.69, 9.17) is 9.47 Å². The number of phenolic OH excluding ortho intramolecular Hbond substituents is 2. The third-order valence-corrected chi connectivity index (χ3v) is 3.30. The van der Waals surface area contributed by atoms with E-state index in [1.165, 1.54) is 18.3 Å². The Labute approximate surface area is 156 Å². The predicted molar refractivity (Wildman–Crippen MR) is 98.0 cm³/mol. The lowest BCUT2D eigenvalue weighted by molar-refractivity contribution is -0.123. The lowest BCUT2D eigenvalue weighted by Crippen LogP contribution is -2.24. The highest BCUT2D eigenvalue weighted by Crippen LogP contribution is 2.20. The van der Waals surface area contributed by atoms with Gasteiger partial charge in [-0.2, -0.15) is 5.10 Å². The van der Waals surface area contributed by atoms with Crippen LogP contribution in [0, 0.1) is 0 Å². The number of nitrogens with zero attached hydrogens (tertiary/aromatic N) is 1. The van der Waals surface area contributed by atoms with E-state index >= 15 is 0 Å². The standard InChI is InChI=1S/C19H20N2O6/c1-2-9-26-19(25)13-4-7-16(8-5-13)27-12-18(24)21-20-11-14-3-6-15(22)10-17(14)23/h3-8,10-11,22-23H,2,9,12H2,1H3,(H,21,24). The van der Waals surface area contributed by atoms with Crippen molar-refractivity contribution in [2.75, 3.05) is 13.2 Å². The fraction of sp³-hybridized carbons (Fsp3) is 0.211. The van der Waals surface area contributed by atoms with Crippen LogP contribution in [0.1, 0.15) is 29.3 Å². The van der Waals surface area contributed by atoms with Gasteiger partial charge in [-0.25, -0.2) is 10.2 Å². The SMILES string of the molecule is CCCOC(=O)c1ccc(OCC(=O)NN=Cc2ccc(O)cc2O)cc1. The maximum atomic E-state index is 11.7. The summed E-state index contributed by atoms with van der Waals surface area (Å²) in [4.78, 5) is 23.4. The van der Waals surface area contributed by atoms with Gasteiger partial charge in [0.25, 0.3) is 5.91 Å². The summed E-state index contributed by atoms with van der Waals surface area (Å²) in [6, 6.07) is 10.2. The second kappa shape index (κ2) is 9.81. The molecule has 0 saturated heterocycles. The number of aromatic hydroxyl groups is 2. The molecule has 1 amide bonds. The molecule has 8 heteroatoms. The molecular formula is C19H20N2O6. The third-order valence-electron chi connectivity index (χ3n) is 3.30. The van der Waals surface area contributed by atoms with Crippen LogP contribution in [-0.4, -0.2) is 41.5 Å². The maximum absolute atomic E-state index is 11.7. The van der Waals surface area contributed by atoms with Crippen LogP contribution in [0.15, 0.2) is 47.6 Å². The van der Waals surface area contributed by atoms with Gasteiger partial charge in [-0.3, -0.25) is 4.79 Å². The molecular weight excluding hydrogens is 352 g/mol. The molecule has 0 spiro atoms. The summed E-state index contributed by atoms with van der Waals surface area (Å²) in [5.41, 5.74) is 2.99. The number of esters is 1. The van der Waals surface area contributed by atoms with E-state index in [-0.39, 0.29) is 18.1 Å². The zero-order valence-corrected chi connectivity index (χ0v) is 14.7. The molecule has 2 aromatic rings. The number of nitrogens with one attached hydrogen (secondary N) is 1. The number of hydrogen-bond donors (Lipinski definition) is 3. The monoisotopic (exact) mass is 372 g/mol. The molecule has 2 aromatic carbocycles. The Morgan fingerprint density at radius 3 is 2.56 bits per heavy atom. The summed E-state index contributed by atoms with van der Waals surface area (Å²) in [5, 5.41) is 22.5. The zero-order valence-electron chi connectivity index (χ0n) is 14.7. The van der Waals surface area contributed by atoms with Gasteiger partial charge >= 0.3 is 5.97 Å². The number of carbonyl (C=O) groups excluding carboxylic acids is 2. The summed E-state index contributed by atoms with van der Waals surface area (Å²) in [7, 11) is 0. The van der Waals surface area contributed by atoms with E-state index < -0.39 is 11.9 Å². The first-order valence-electron chi connectivity index (χ1n) is 8.23. The molecule has 0 radical (unpaired) electrons. The number of ether oxygens (including phenoxy) is 2. The minimum Gasteiger partial charge on any atom is -0.508 e. The molecule has 0 fully saturated rings. The molecule has 0 bridgehead atoms. The molecule has 0 aromatic heterocycles. The Morgan fingerprint density at radius 1 is 1.15 bits per heavy atom. The van der Waals surface area contributed by atoms with Crippen molar-refractivity contribution in [3.05, 3.63) is 53.6 Å². The minimum atomic E-state index is -0.504. The van der Waals surface area contributed by atoms with Crippen molar-refractivity contribution >= 4 is 18.1 Å². The number of hydrazone groups is 1. The van der Waals surface area contributed by atoms with Crippen molar-refractivity contribution in [3.8, 4) is 17.2 Å². The Bertz CT molecular complexity index is 817. The van der Waals surface area contributed by atoms with E-state index in [0.717, 1.165) is 12.5 Å². The Morgan fingerprint density at radius 2 is 1.89 bits per heavy atom. The molecule has 0 aliphatic heterocycles. The topological polar surface area (TPSA) is 117 Å². The smallest absolute Gasteiger partial charge is 0.338 e. The number of phenols is 2. The maximum Gasteiger partial charge on any atom is 0.338 e. The van der Waals surface area contributed by atoms with E-state index in [9.17, 15) is 19.8 Å². The van der Waals surface area contributed by atoms with E-state index in [0.29, 0.717) is 23.5 Å².